The monoisotopic (exact) mass is 361 g/mol. The smallest absolute Gasteiger partial charge is 0.417 e. The third-order valence-electron chi connectivity index (χ3n) is 4.30. The van der Waals surface area contributed by atoms with Crippen LogP contribution in [0.2, 0.25) is 0 Å². The summed E-state index contributed by atoms with van der Waals surface area (Å²) in [5.74, 6) is 0.360. The lowest BCUT2D eigenvalue weighted by atomic mass is 10.0. The summed E-state index contributed by atoms with van der Waals surface area (Å²) in [6, 6.07) is 9.16. The molecule has 5 nitrogen and oxygen atoms in total. The van der Waals surface area contributed by atoms with Crippen molar-refractivity contribution in [1.29, 1.82) is 0 Å². The number of hydrogen-bond acceptors (Lipinski definition) is 4. The molecule has 2 N–H and O–H groups in total. The number of pyridine rings is 1. The molecule has 0 saturated heterocycles. The summed E-state index contributed by atoms with van der Waals surface area (Å²) >= 11 is 0. The average Bonchev–Trinajstić information content (AvgIpc) is 3.25. The lowest BCUT2D eigenvalue weighted by Gasteiger charge is -2.24. The van der Waals surface area contributed by atoms with E-state index < -0.39 is 17.6 Å². The molecule has 0 spiro atoms. The molecule has 2 aliphatic rings. The molecule has 26 heavy (non-hydrogen) atoms. The molecule has 4 rings (SSSR count). The SMILES string of the molecule is O=C(Nc1ccc([C@H]2OC3=C[C@@H]2NC3)cc1)c1ccc(C(F)(F)F)cn1. The van der Waals surface area contributed by atoms with Crippen LogP contribution in [0, 0.1) is 0 Å². The number of amides is 1. The molecule has 3 heterocycles. The van der Waals surface area contributed by atoms with Gasteiger partial charge in [0.2, 0.25) is 0 Å². The zero-order valence-electron chi connectivity index (χ0n) is 13.4. The number of anilines is 1. The van der Waals surface area contributed by atoms with Crippen molar-refractivity contribution in [3.8, 4) is 0 Å². The number of carbonyl (C=O) groups is 1. The molecular formula is C18H14F3N3O2. The number of fused-ring (bicyclic) bond motifs is 1. The predicted octanol–water partition coefficient (Wildman–Crippen LogP) is 3.28. The van der Waals surface area contributed by atoms with Crippen LogP contribution >= 0.6 is 0 Å². The number of alkyl halides is 3. The highest BCUT2D eigenvalue weighted by atomic mass is 19.4. The Hall–Kier alpha value is -2.87. The fourth-order valence-corrected chi connectivity index (χ4v) is 2.97. The summed E-state index contributed by atoms with van der Waals surface area (Å²) in [6.07, 6.45) is -1.87. The molecule has 0 unspecified atom stereocenters. The Labute approximate surface area is 146 Å². The molecule has 8 heteroatoms. The Balaban J connectivity index is 1.41. The van der Waals surface area contributed by atoms with Crippen molar-refractivity contribution in [2.45, 2.75) is 18.3 Å². The van der Waals surface area contributed by atoms with E-state index in [0.29, 0.717) is 11.9 Å². The number of nitrogens with one attached hydrogen (secondary N) is 2. The number of hydrogen-bond donors (Lipinski definition) is 2. The number of morpholine rings is 1. The lowest BCUT2D eigenvalue weighted by molar-refractivity contribution is -0.137. The van der Waals surface area contributed by atoms with E-state index in [-0.39, 0.29) is 17.8 Å². The lowest BCUT2D eigenvalue weighted by Crippen LogP contribution is -2.33. The summed E-state index contributed by atoms with van der Waals surface area (Å²) in [4.78, 5) is 15.7. The molecule has 0 saturated carbocycles. The van der Waals surface area contributed by atoms with Crippen molar-refractivity contribution >= 4 is 11.6 Å². The van der Waals surface area contributed by atoms with E-state index in [2.05, 4.69) is 21.7 Å². The Kier molecular flexibility index (Phi) is 3.91. The maximum absolute atomic E-state index is 12.5. The number of carbonyl (C=O) groups excluding carboxylic acids is 1. The van der Waals surface area contributed by atoms with E-state index in [1.807, 2.05) is 12.1 Å². The first kappa shape index (κ1) is 16.6. The van der Waals surface area contributed by atoms with E-state index in [1.54, 1.807) is 12.1 Å². The number of ether oxygens (including phenoxy) is 1. The largest absolute Gasteiger partial charge is 0.487 e. The molecule has 2 atom stereocenters. The first-order valence-electron chi connectivity index (χ1n) is 7.95. The van der Waals surface area contributed by atoms with Gasteiger partial charge in [-0.15, -0.1) is 0 Å². The quantitative estimate of drug-likeness (QED) is 0.881. The van der Waals surface area contributed by atoms with Crippen LogP contribution in [0.1, 0.15) is 27.7 Å². The Morgan fingerprint density at radius 3 is 2.50 bits per heavy atom. The average molecular weight is 361 g/mol. The highest BCUT2D eigenvalue weighted by Crippen LogP contribution is 2.35. The van der Waals surface area contributed by atoms with Gasteiger partial charge in [-0.1, -0.05) is 12.1 Å². The van der Waals surface area contributed by atoms with Gasteiger partial charge >= 0.3 is 6.18 Å². The molecule has 1 aromatic carbocycles. The van der Waals surface area contributed by atoms with Crippen LogP contribution in [0.15, 0.2) is 54.4 Å². The maximum Gasteiger partial charge on any atom is 0.417 e. The van der Waals surface area contributed by atoms with E-state index in [1.165, 1.54) is 0 Å². The molecule has 0 radical (unpaired) electrons. The third kappa shape index (κ3) is 3.15. The highest BCUT2D eigenvalue weighted by Gasteiger charge is 2.35. The normalized spacial score (nSPS) is 21.3. The number of nitrogens with zero attached hydrogens (tertiary/aromatic N) is 1. The number of rotatable bonds is 3. The summed E-state index contributed by atoms with van der Waals surface area (Å²) < 4.78 is 43.4. The molecular weight excluding hydrogens is 347 g/mol. The molecule has 0 aliphatic carbocycles. The standard InChI is InChI=1S/C18H14F3N3O2/c19-18(20,21)11-3-6-14(22-8-11)17(25)24-12-4-1-10(2-5-12)16-15-7-13(26-16)9-23-15/h1-8,15-16,23H,9H2,(H,24,25)/t15-,16+/m0/s1. The zero-order chi connectivity index (χ0) is 18.3. The number of halogens is 3. The Morgan fingerprint density at radius 1 is 1.19 bits per heavy atom. The fraction of sp³-hybridized carbons (Fsp3) is 0.222. The minimum absolute atomic E-state index is 0.0833. The van der Waals surface area contributed by atoms with Crippen molar-refractivity contribution in [1.82, 2.24) is 10.3 Å². The molecule has 1 amide bonds. The van der Waals surface area contributed by atoms with Crippen LogP contribution in [-0.2, 0) is 10.9 Å². The minimum atomic E-state index is -4.48. The van der Waals surface area contributed by atoms with Crippen molar-refractivity contribution < 1.29 is 22.7 Å². The van der Waals surface area contributed by atoms with Crippen LogP contribution in [-0.4, -0.2) is 23.5 Å². The van der Waals surface area contributed by atoms with Crippen LogP contribution in [0.5, 0.6) is 0 Å². The molecule has 0 fully saturated rings. The Morgan fingerprint density at radius 2 is 1.96 bits per heavy atom. The van der Waals surface area contributed by atoms with Gasteiger partial charge in [0.15, 0.2) is 0 Å². The molecule has 134 valence electrons. The first-order chi connectivity index (χ1) is 12.4. The van der Waals surface area contributed by atoms with E-state index >= 15 is 0 Å². The zero-order valence-corrected chi connectivity index (χ0v) is 13.4. The van der Waals surface area contributed by atoms with Gasteiger partial charge in [-0.3, -0.25) is 15.1 Å². The summed E-state index contributed by atoms with van der Waals surface area (Å²) in [5.41, 5.74) is 0.508. The Bertz CT molecular complexity index is 861. The van der Waals surface area contributed by atoms with Crippen LogP contribution in [0.4, 0.5) is 18.9 Å². The van der Waals surface area contributed by atoms with Gasteiger partial charge in [-0.05, 0) is 35.9 Å². The van der Waals surface area contributed by atoms with Crippen LogP contribution < -0.4 is 10.6 Å². The van der Waals surface area contributed by atoms with Gasteiger partial charge in [-0.25, -0.2) is 0 Å². The molecule has 2 aliphatic heterocycles. The first-order valence-corrected chi connectivity index (χ1v) is 7.95. The minimum Gasteiger partial charge on any atom is -0.487 e. The summed E-state index contributed by atoms with van der Waals surface area (Å²) in [5, 5.41) is 5.93. The van der Waals surface area contributed by atoms with Gasteiger partial charge in [0.1, 0.15) is 17.6 Å². The van der Waals surface area contributed by atoms with Gasteiger partial charge in [-0.2, -0.15) is 13.2 Å². The van der Waals surface area contributed by atoms with Crippen molar-refractivity contribution in [3.63, 3.8) is 0 Å². The molecule has 2 bridgehead atoms. The van der Waals surface area contributed by atoms with E-state index in [0.717, 1.165) is 30.0 Å². The second-order valence-electron chi connectivity index (χ2n) is 6.08. The number of aromatic nitrogens is 1. The topological polar surface area (TPSA) is 63.2 Å². The van der Waals surface area contributed by atoms with Crippen molar-refractivity contribution in [2.24, 2.45) is 0 Å². The van der Waals surface area contributed by atoms with Gasteiger partial charge < -0.3 is 10.1 Å². The second-order valence-corrected chi connectivity index (χ2v) is 6.08. The molecule has 1 aromatic heterocycles. The van der Waals surface area contributed by atoms with Crippen LogP contribution in [0.25, 0.3) is 0 Å². The molecule has 2 aromatic rings. The van der Waals surface area contributed by atoms with Gasteiger partial charge in [0.05, 0.1) is 18.2 Å². The van der Waals surface area contributed by atoms with Crippen LogP contribution in [0.3, 0.4) is 0 Å². The van der Waals surface area contributed by atoms with Crippen molar-refractivity contribution in [2.75, 3.05) is 11.9 Å². The third-order valence-corrected chi connectivity index (χ3v) is 4.30. The summed E-state index contributed by atoms with van der Waals surface area (Å²) in [7, 11) is 0. The van der Waals surface area contributed by atoms with Gasteiger partial charge in [0, 0.05) is 11.9 Å². The van der Waals surface area contributed by atoms with E-state index in [9.17, 15) is 18.0 Å². The number of benzene rings is 1. The predicted molar refractivity (Wildman–Crippen MR) is 87.3 cm³/mol. The maximum atomic E-state index is 12.5. The highest BCUT2D eigenvalue weighted by molar-refractivity contribution is 6.02. The fourth-order valence-electron chi connectivity index (χ4n) is 2.97. The van der Waals surface area contributed by atoms with E-state index in [4.69, 9.17) is 4.74 Å². The van der Waals surface area contributed by atoms with Crippen molar-refractivity contribution in [3.05, 3.63) is 71.3 Å². The van der Waals surface area contributed by atoms with Gasteiger partial charge in [0.25, 0.3) is 5.91 Å². The summed E-state index contributed by atoms with van der Waals surface area (Å²) in [6.45, 7) is 0.745. The second kappa shape index (κ2) is 6.14.